The van der Waals surface area contributed by atoms with E-state index in [1.54, 1.807) is 14.2 Å². The maximum Gasteiger partial charge on any atom is 0.160 e. The van der Waals surface area contributed by atoms with E-state index in [9.17, 15) is 0 Å². The molecule has 0 saturated heterocycles. The highest BCUT2D eigenvalue weighted by Crippen LogP contribution is 2.39. The number of ether oxygens (including phenoxy) is 2. The van der Waals surface area contributed by atoms with Crippen molar-refractivity contribution >= 4 is 0 Å². The van der Waals surface area contributed by atoms with Crippen molar-refractivity contribution in [3.63, 3.8) is 0 Å². The fourth-order valence-corrected chi connectivity index (χ4v) is 2.92. The second-order valence-corrected chi connectivity index (χ2v) is 5.75. The number of nitrogens with one attached hydrogen (secondary N) is 1. The van der Waals surface area contributed by atoms with Crippen LogP contribution in [-0.4, -0.2) is 26.8 Å². The lowest BCUT2D eigenvalue weighted by Gasteiger charge is -2.25. The van der Waals surface area contributed by atoms with Crippen molar-refractivity contribution in [1.82, 2.24) is 5.32 Å². The molecule has 112 valence electrons. The molecule has 2 atom stereocenters. The van der Waals surface area contributed by atoms with Crippen molar-refractivity contribution in [2.75, 3.05) is 20.8 Å². The van der Waals surface area contributed by atoms with Crippen LogP contribution in [0.3, 0.4) is 0 Å². The van der Waals surface area contributed by atoms with Crippen LogP contribution in [0.2, 0.25) is 0 Å². The highest BCUT2D eigenvalue weighted by molar-refractivity contribution is 5.43. The topological polar surface area (TPSA) is 30.5 Å². The zero-order chi connectivity index (χ0) is 14.5. The molecule has 3 nitrogen and oxygen atoms in total. The molecule has 1 fully saturated rings. The maximum atomic E-state index is 5.39. The van der Waals surface area contributed by atoms with Crippen molar-refractivity contribution in [2.45, 2.75) is 39.2 Å². The summed E-state index contributed by atoms with van der Waals surface area (Å²) in [7, 11) is 3.37. The molecule has 1 aromatic rings. The second kappa shape index (κ2) is 6.98. The number of hydrogen-bond donors (Lipinski definition) is 1. The van der Waals surface area contributed by atoms with Gasteiger partial charge in [0.2, 0.25) is 0 Å². The Hall–Kier alpha value is -1.22. The van der Waals surface area contributed by atoms with E-state index in [0.29, 0.717) is 6.04 Å². The van der Waals surface area contributed by atoms with Gasteiger partial charge in [-0.3, -0.25) is 0 Å². The zero-order valence-corrected chi connectivity index (χ0v) is 13.1. The van der Waals surface area contributed by atoms with E-state index in [0.717, 1.165) is 36.3 Å². The fourth-order valence-electron chi connectivity index (χ4n) is 2.92. The standard InChI is InChI=1S/C17H27NO2/c1-5-18-15(12(2)14-7-8-14)10-13-6-9-16(19-3)17(11-13)20-4/h6,9,11-12,14-15,18H,5,7-8,10H2,1-4H3. The first-order valence-corrected chi connectivity index (χ1v) is 7.63. The first-order chi connectivity index (χ1) is 9.69. The molecule has 2 rings (SSSR count). The summed E-state index contributed by atoms with van der Waals surface area (Å²) in [5.41, 5.74) is 1.31. The third-order valence-corrected chi connectivity index (χ3v) is 4.37. The largest absolute Gasteiger partial charge is 0.493 e. The minimum absolute atomic E-state index is 0.547. The lowest BCUT2D eigenvalue weighted by Crippen LogP contribution is -2.37. The van der Waals surface area contributed by atoms with E-state index in [-0.39, 0.29) is 0 Å². The molecular formula is C17H27NO2. The molecule has 1 saturated carbocycles. The van der Waals surface area contributed by atoms with Gasteiger partial charge in [-0.1, -0.05) is 19.9 Å². The number of rotatable bonds is 8. The smallest absolute Gasteiger partial charge is 0.160 e. The Kier molecular flexibility index (Phi) is 5.30. The van der Waals surface area contributed by atoms with Gasteiger partial charge in [0.25, 0.3) is 0 Å². The van der Waals surface area contributed by atoms with Crippen molar-refractivity contribution in [1.29, 1.82) is 0 Å². The van der Waals surface area contributed by atoms with Crippen LogP contribution in [0.15, 0.2) is 18.2 Å². The van der Waals surface area contributed by atoms with Gasteiger partial charge in [0.15, 0.2) is 11.5 Å². The molecule has 0 amide bonds. The van der Waals surface area contributed by atoms with Crippen molar-refractivity contribution < 1.29 is 9.47 Å². The molecule has 0 aromatic heterocycles. The minimum Gasteiger partial charge on any atom is -0.493 e. The van der Waals surface area contributed by atoms with Crippen LogP contribution in [0.25, 0.3) is 0 Å². The van der Waals surface area contributed by atoms with Crippen LogP contribution in [-0.2, 0) is 6.42 Å². The number of methoxy groups -OCH3 is 2. The molecule has 1 aliphatic carbocycles. The average molecular weight is 277 g/mol. The zero-order valence-electron chi connectivity index (χ0n) is 13.1. The maximum absolute atomic E-state index is 5.39. The molecule has 3 heteroatoms. The van der Waals surface area contributed by atoms with E-state index in [1.165, 1.54) is 18.4 Å². The fraction of sp³-hybridized carbons (Fsp3) is 0.647. The van der Waals surface area contributed by atoms with Crippen LogP contribution < -0.4 is 14.8 Å². The van der Waals surface area contributed by atoms with Gasteiger partial charge in [0.05, 0.1) is 14.2 Å². The first-order valence-electron chi connectivity index (χ1n) is 7.63. The summed E-state index contributed by atoms with van der Waals surface area (Å²) >= 11 is 0. The van der Waals surface area contributed by atoms with Crippen LogP contribution >= 0.6 is 0 Å². The average Bonchev–Trinajstić information content (AvgIpc) is 3.30. The molecule has 1 aromatic carbocycles. The summed E-state index contributed by atoms with van der Waals surface area (Å²) in [6.07, 6.45) is 3.84. The van der Waals surface area contributed by atoms with Gasteiger partial charge < -0.3 is 14.8 Å². The number of likely N-dealkylation sites (N-methyl/N-ethyl adjacent to an activating group) is 1. The third-order valence-electron chi connectivity index (χ3n) is 4.37. The molecule has 0 aliphatic heterocycles. The number of hydrogen-bond acceptors (Lipinski definition) is 3. The van der Waals surface area contributed by atoms with Gasteiger partial charge >= 0.3 is 0 Å². The van der Waals surface area contributed by atoms with E-state index in [1.807, 2.05) is 6.07 Å². The van der Waals surface area contributed by atoms with Crippen molar-refractivity contribution in [3.05, 3.63) is 23.8 Å². The van der Waals surface area contributed by atoms with E-state index >= 15 is 0 Å². The molecular weight excluding hydrogens is 250 g/mol. The third kappa shape index (κ3) is 3.66. The van der Waals surface area contributed by atoms with Crippen LogP contribution in [0.1, 0.15) is 32.3 Å². The number of benzene rings is 1. The summed E-state index contributed by atoms with van der Waals surface area (Å²) < 4.78 is 10.7. The molecule has 2 unspecified atom stereocenters. The van der Waals surface area contributed by atoms with Crippen LogP contribution in [0.4, 0.5) is 0 Å². The monoisotopic (exact) mass is 277 g/mol. The lowest BCUT2D eigenvalue weighted by atomic mass is 9.91. The molecule has 0 radical (unpaired) electrons. The van der Waals surface area contributed by atoms with E-state index in [2.05, 4.69) is 31.3 Å². The van der Waals surface area contributed by atoms with Crippen LogP contribution in [0.5, 0.6) is 11.5 Å². The predicted octanol–water partition coefficient (Wildman–Crippen LogP) is 3.27. The van der Waals surface area contributed by atoms with Crippen LogP contribution in [0, 0.1) is 11.8 Å². The highest BCUT2D eigenvalue weighted by atomic mass is 16.5. The first kappa shape index (κ1) is 15.2. The Morgan fingerprint density at radius 3 is 2.45 bits per heavy atom. The van der Waals surface area contributed by atoms with Gasteiger partial charge in [0, 0.05) is 6.04 Å². The summed E-state index contributed by atoms with van der Waals surface area (Å²) in [5.74, 6) is 3.27. The van der Waals surface area contributed by atoms with Gasteiger partial charge in [-0.25, -0.2) is 0 Å². The van der Waals surface area contributed by atoms with E-state index in [4.69, 9.17) is 9.47 Å². The SMILES string of the molecule is CCNC(Cc1ccc(OC)c(OC)c1)C(C)C1CC1. The van der Waals surface area contributed by atoms with Gasteiger partial charge in [-0.05, 0) is 55.3 Å². The molecule has 0 heterocycles. The second-order valence-electron chi connectivity index (χ2n) is 5.75. The van der Waals surface area contributed by atoms with E-state index < -0.39 is 0 Å². The Bertz CT molecular complexity index is 429. The lowest BCUT2D eigenvalue weighted by molar-refractivity contribution is 0.341. The molecule has 0 bridgehead atoms. The quantitative estimate of drug-likeness (QED) is 0.791. The summed E-state index contributed by atoms with van der Waals surface area (Å²) in [4.78, 5) is 0. The summed E-state index contributed by atoms with van der Waals surface area (Å²) in [6.45, 7) is 5.59. The molecule has 1 aliphatic rings. The minimum atomic E-state index is 0.547. The summed E-state index contributed by atoms with van der Waals surface area (Å²) in [5, 5.41) is 3.65. The Morgan fingerprint density at radius 2 is 1.90 bits per heavy atom. The Balaban J connectivity index is 2.09. The van der Waals surface area contributed by atoms with Gasteiger partial charge in [-0.2, -0.15) is 0 Å². The predicted molar refractivity (Wildman–Crippen MR) is 82.6 cm³/mol. The van der Waals surface area contributed by atoms with Gasteiger partial charge in [-0.15, -0.1) is 0 Å². The molecule has 1 N–H and O–H groups in total. The molecule has 0 spiro atoms. The van der Waals surface area contributed by atoms with Crippen molar-refractivity contribution in [2.24, 2.45) is 11.8 Å². The molecule has 20 heavy (non-hydrogen) atoms. The normalized spacial score (nSPS) is 17.6. The Labute approximate surface area is 122 Å². The Morgan fingerprint density at radius 1 is 1.20 bits per heavy atom. The van der Waals surface area contributed by atoms with Gasteiger partial charge in [0.1, 0.15) is 0 Å². The summed E-state index contributed by atoms with van der Waals surface area (Å²) in [6, 6.07) is 6.79. The highest BCUT2D eigenvalue weighted by Gasteiger charge is 2.32. The van der Waals surface area contributed by atoms with Crippen molar-refractivity contribution in [3.8, 4) is 11.5 Å².